The number of benzene rings is 2. The van der Waals surface area contributed by atoms with Gasteiger partial charge in [0.2, 0.25) is 0 Å². The molecule has 0 N–H and O–H groups in total. The summed E-state index contributed by atoms with van der Waals surface area (Å²) in [7, 11) is 0. The first kappa shape index (κ1) is 21.1. The van der Waals surface area contributed by atoms with Gasteiger partial charge >= 0.3 is 0 Å². The lowest BCUT2D eigenvalue weighted by atomic mass is 10.1. The molecule has 1 amide bonds. The third kappa shape index (κ3) is 4.29. The monoisotopic (exact) mass is 443 g/mol. The molecule has 2 aromatic heterocycles. The molecule has 8 nitrogen and oxygen atoms in total. The first-order valence-corrected chi connectivity index (χ1v) is 11.0. The number of hydrogen-bond acceptors (Lipinski definition) is 6. The van der Waals surface area contributed by atoms with Crippen LogP contribution in [-0.2, 0) is 4.74 Å². The van der Waals surface area contributed by atoms with E-state index < -0.39 is 0 Å². The molecule has 0 radical (unpaired) electrons. The molecule has 2 atom stereocenters. The molecule has 4 aromatic rings. The maximum absolute atomic E-state index is 13.6. The van der Waals surface area contributed by atoms with E-state index in [-0.39, 0.29) is 18.1 Å². The fourth-order valence-corrected chi connectivity index (χ4v) is 4.07. The Kier molecular flexibility index (Phi) is 5.75. The Labute approximate surface area is 191 Å². The van der Waals surface area contributed by atoms with Crippen LogP contribution < -0.4 is 4.74 Å². The van der Waals surface area contributed by atoms with Crippen molar-refractivity contribution in [2.24, 2.45) is 0 Å². The summed E-state index contributed by atoms with van der Waals surface area (Å²) >= 11 is 0. The minimum absolute atomic E-state index is 0.0607. The summed E-state index contributed by atoms with van der Waals surface area (Å²) in [6, 6.07) is 15.4. The average molecular weight is 444 g/mol. The summed E-state index contributed by atoms with van der Waals surface area (Å²) in [5.41, 5.74) is 3.11. The van der Waals surface area contributed by atoms with Crippen LogP contribution in [0.2, 0.25) is 0 Å². The van der Waals surface area contributed by atoms with E-state index in [1.54, 1.807) is 18.6 Å². The highest BCUT2D eigenvalue weighted by Crippen LogP contribution is 2.25. The van der Waals surface area contributed by atoms with Gasteiger partial charge in [0.15, 0.2) is 0 Å². The maximum atomic E-state index is 13.6. The van der Waals surface area contributed by atoms with E-state index in [1.165, 1.54) is 4.80 Å². The fraction of sp³-hybridized carbons (Fsp3) is 0.280. The number of ether oxygens (including phenoxy) is 2. The van der Waals surface area contributed by atoms with Gasteiger partial charge in [0.05, 0.1) is 48.4 Å². The van der Waals surface area contributed by atoms with Crippen molar-refractivity contribution in [2.45, 2.75) is 26.0 Å². The average Bonchev–Trinajstić information content (AvgIpc) is 3.38. The molecular formula is C25H25N5O3. The van der Waals surface area contributed by atoms with Gasteiger partial charge < -0.3 is 14.4 Å². The Morgan fingerprint density at radius 2 is 1.94 bits per heavy atom. The highest BCUT2D eigenvalue weighted by atomic mass is 16.5. The molecule has 5 rings (SSSR count). The van der Waals surface area contributed by atoms with Gasteiger partial charge in [0, 0.05) is 11.6 Å². The number of morpholine rings is 1. The van der Waals surface area contributed by atoms with Crippen LogP contribution in [0.4, 0.5) is 0 Å². The van der Waals surface area contributed by atoms with Gasteiger partial charge in [-0.25, -0.2) is 0 Å². The number of rotatable bonds is 5. The second-order valence-electron chi connectivity index (χ2n) is 8.24. The van der Waals surface area contributed by atoms with Crippen LogP contribution in [0.25, 0.3) is 16.6 Å². The first-order valence-electron chi connectivity index (χ1n) is 11.0. The smallest absolute Gasteiger partial charge is 0.256 e. The van der Waals surface area contributed by atoms with Crippen molar-refractivity contribution in [3.05, 3.63) is 78.2 Å². The van der Waals surface area contributed by atoms with E-state index >= 15 is 0 Å². The number of hydrogen-bond donors (Lipinski definition) is 0. The van der Waals surface area contributed by atoms with Crippen molar-refractivity contribution in [2.75, 3.05) is 19.8 Å². The molecular weight excluding hydrogens is 418 g/mol. The zero-order valence-electron chi connectivity index (χ0n) is 18.6. The number of carbonyl (C=O) groups is 1. The van der Waals surface area contributed by atoms with Crippen LogP contribution in [0.3, 0.4) is 0 Å². The fourth-order valence-electron chi connectivity index (χ4n) is 4.07. The van der Waals surface area contributed by atoms with Crippen molar-refractivity contribution >= 4 is 16.8 Å². The summed E-state index contributed by atoms with van der Waals surface area (Å²) in [6.07, 6.45) is 4.69. The zero-order valence-corrected chi connectivity index (χ0v) is 18.6. The van der Waals surface area contributed by atoms with Gasteiger partial charge in [0.1, 0.15) is 18.5 Å². The Balaban J connectivity index is 1.34. The third-order valence-corrected chi connectivity index (χ3v) is 5.82. The first-order chi connectivity index (χ1) is 16.1. The van der Waals surface area contributed by atoms with Gasteiger partial charge in [0.25, 0.3) is 5.91 Å². The summed E-state index contributed by atoms with van der Waals surface area (Å²) in [5.74, 6) is 0.688. The summed E-state index contributed by atoms with van der Waals surface area (Å²) < 4.78 is 12.1. The number of fused-ring (bicyclic) bond motifs is 1. The molecule has 8 heteroatoms. The topological polar surface area (TPSA) is 82.4 Å². The van der Waals surface area contributed by atoms with Crippen LogP contribution in [0.15, 0.2) is 67.1 Å². The Morgan fingerprint density at radius 1 is 1.12 bits per heavy atom. The quantitative estimate of drug-likeness (QED) is 0.470. The van der Waals surface area contributed by atoms with Crippen molar-refractivity contribution in [3.8, 4) is 11.4 Å². The molecule has 1 aliphatic heterocycles. The minimum Gasteiger partial charge on any atom is -0.490 e. The highest BCUT2D eigenvalue weighted by molar-refractivity contribution is 5.98. The lowest BCUT2D eigenvalue weighted by Gasteiger charge is -2.38. The molecule has 1 aliphatic rings. The number of carbonyl (C=O) groups excluding carboxylic acids is 1. The molecule has 33 heavy (non-hydrogen) atoms. The van der Waals surface area contributed by atoms with Crippen molar-refractivity contribution in [3.63, 3.8) is 0 Å². The van der Waals surface area contributed by atoms with Crippen molar-refractivity contribution in [1.29, 1.82) is 0 Å². The molecule has 1 saturated heterocycles. The van der Waals surface area contributed by atoms with E-state index in [0.717, 1.165) is 22.2 Å². The van der Waals surface area contributed by atoms with E-state index in [1.807, 2.05) is 67.3 Å². The molecule has 0 bridgehead atoms. The highest BCUT2D eigenvalue weighted by Gasteiger charge is 2.32. The lowest BCUT2D eigenvalue weighted by Crippen LogP contribution is -2.52. The third-order valence-electron chi connectivity index (χ3n) is 5.82. The van der Waals surface area contributed by atoms with Crippen LogP contribution >= 0.6 is 0 Å². The SMILES string of the molecule is Cc1ccc(-n2nccn2)c(C(=O)N2CC(COc3ccnc4ccccc34)OCC2C)c1. The molecule has 0 spiro atoms. The van der Waals surface area contributed by atoms with Crippen LogP contribution in [0.5, 0.6) is 5.75 Å². The van der Waals surface area contributed by atoms with Crippen LogP contribution in [-0.4, -0.2) is 62.7 Å². The molecule has 1 fully saturated rings. The van der Waals surface area contributed by atoms with Crippen LogP contribution in [0, 0.1) is 6.92 Å². The summed E-state index contributed by atoms with van der Waals surface area (Å²) in [4.78, 5) is 21.3. The zero-order chi connectivity index (χ0) is 22.8. The largest absolute Gasteiger partial charge is 0.490 e. The normalized spacial score (nSPS) is 18.4. The lowest BCUT2D eigenvalue weighted by molar-refractivity contribution is -0.0626. The van der Waals surface area contributed by atoms with Gasteiger partial charge in [-0.1, -0.05) is 23.8 Å². The minimum atomic E-state index is -0.242. The number of aromatic nitrogens is 4. The van der Waals surface area contributed by atoms with Gasteiger partial charge in [-0.15, -0.1) is 0 Å². The maximum Gasteiger partial charge on any atom is 0.256 e. The number of para-hydroxylation sites is 1. The van der Waals surface area contributed by atoms with Gasteiger partial charge in [-0.3, -0.25) is 9.78 Å². The number of nitrogens with zero attached hydrogens (tertiary/aromatic N) is 5. The second kappa shape index (κ2) is 8.99. The van der Waals surface area contributed by atoms with E-state index in [2.05, 4.69) is 15.2 Å². The molecule has 168 valence electrons. The van der Waals surface area contributed by atoms with E-state index in [9.17, 15) is 4.79 Å². The standard InChI is InChI=1S/C25H25N5O3/c1-17-7-8-23(30-27-11-12-28-30)21(13-17)25(31)29-14-19(32-15-18(29)2)16-33-24-9-10-26-22-6-4-3-5-20(22)24/h3-13,18-19H,14-16H2,1-2H3. The van der Waals surface area contributed by atoms with Gasteiger partial charge in [-0.05, 0) is 44.2 Å². The molecule has 3 heterocycles. The molecule has 0 aliphatic carbocycles. The Hall–Kier alpha value is -3.78. The second-order valence-corrected chi connectivity index (χ2v) is 8.24. The number of pyridine rings is 1. The van der Waals surface area contributed by atoms with E-state index in [0.29, 0.717) is 31.0 Å². The molecule has 2 aromatic carbocycles. The van der Waals surface area contributed by atoms with Crippen LogP contribution in [0.1, 0.15) is 22.8 Å². The Bertz CT molecular complexity index is 1270. The summed E-state index contributed by atoms with van der Waals surface area (Å²) in [5, 5.41) is 9.37. The van der Waals surface area contributed by atoms with Gasteiger partial charge in [-0.2, -0.15) is 15.0 Å². The Morgan fingerprint density at radius 3 is 2.79 bits per heavy atom. The van der Waals surface area contributed by atoms with E-state index in [4.69, 9.17) is 9.47 Å². The summed E-state index contributed by atoms with van der Waals surface area (Å²) in [6.45, 7) is 5.18. The number of aryl methyl sites for hydroxylation is 1. The van der Waals surface area contributed by atoms with Crippen molar-refractivity contribution < 1.29 is 14.3 Å². The molecule has 0 saturated carbocycles. The molecule has 2 unspecified atom stereocenters. The predicted molar refractivity (Wildman–Crippen MR) is 124 cm³/mol. The van der Waals surface area contributed by atoms with Crippen molar-refractivity contribution in [1.82, 2.24) is 24.9 Å². The number of amides is 1. The predicted octanol–water partition coefficient (Wildman–Crippen LogP) is 3.43.